The zero-order valence-corrected chi connectivity index (χ0v) is 1.89. The number of hydrogen-bond acceptors (Lipinski definition) is 1. The lowest BCUT2D eigenvalue weighted by Crippen LogP contribution is -1.53. The van der Waals surface area contributed by atoms with E-state index in [2.05, 4.69) is 11.3 Å². The Morgan fingerprint density at radius 2 is 2.25 bits per heavy atom. The molecule has 0 amide bonds. The first-order valence-electron chi connectivity index (χ1n) is 0.659. The Balaban J connectivity index is 2.43. The minimum absolute atomic E-state index is 1.38. The molecule has 0 spiro atoms. The molecule has 0 aromatic carbocycles. The van der Waals surface area contributed by atoms with Gasteiger partial charge in [0.2, 0.25) is 0 Å². The van der Waals surface area contributed by atoms with E-state index in [1.54, 1.807) is 0 Å². The molecule has 4 heavy (non-hydrogen) atoms. The third kappa shape index (κ3) is 1.32. The maximum Gasteiger partial charge on any atom is 0.157 e. The molecule has 0 saturated carbocycles. The lowest BCUT2D eigenvalue weighted by Gasteiger charge is -1.55. The van der Waals surface area contributed by atoms with Crippen LogP contribution in [0.15, 0.2) is 0 Å². The van der Waals surface area contributed by atoms with Gasteiger partial charge in [0.05, 0.1) is 0 Å². The SMILES string of the molecule is C#CO[O]. The molecule has 0 aliphatic heterocycles. The van der Waals surface area contributed by atoms with E-state index < -0.39 is 0 Å². The van der Waals surface area contributed by atoms with E-state index in [9.17, 15) is 0 Å². The molecule has 0 fully saturated rings. The van der Waals surface area contributed by atoms with E-state index in [0.29, 0.717) is 0 Å². The molecule has 21 valence electrons. The molecule has 2 nitrogen and oxygen atoms in total. The van der Waals surface area contributed by atoms with Crippen molar-refractivity contribution >= 4 is 0 Å². The summed E-state index contributed by atoms with van der Waals surface area (Å²) in [5, 5.41) is 8.56. The molecule has 0 rings (SSSR count). The molecule has 0 unspecified atom stereocenters. The molecular formula is C2HO2. The lowest BCUT2D eigenvalue weighted by atomic mass is 11.3. The van der Waals surface area contributed by atoms with Crippen LogP contribution in [0, 0.1) is 12.5 Å². The van der Waals surface area contributed by atoms with Gasteiger partial charge in [0.1, 0.15) is 0 Å². The van der Waals surface area contributed by atoms with E-state index >= 15 is 0 Å². The molecule has 0 bridgehead atoms. The standard InChI is InChI=1S/C2HO2/c1-2-4-3/h1H. The first-order chi connectivity index (χ1) is 1.91. The first kappa shape index (κ1) is 3.32. The van der Waals surface area contributed by atoms with Gasteiger partial charge in [-0.1, -0.05) is 6.42 Å². The van der Waals surface area contributed by atoms with Crippen LogP contribution in [-0.4, -0.2) is 0 Å². The number of hydrogen-bond donors (Lipinski definition) is 0. The highest BCUT2D eigenvalue weighted by molar-refractivity contribution is 4.64. The molecule has 0 N–H and O–H groups in total. The Morgan fingerprint density at radius 3 is 2.25 bits per heavy atom. The van der Waals surface area contributed by atoms with Crippen LogP contribution in [0.25, 0.3) is 0 Å². The van der Waals surface area contributed by atoms with Gasteiger partial charge in [0, 0.05) is 5.26 Å². The summed E-state index contributed by atoms with van der Waals surface area (Å²) in [4.78, 5) is 2.82. The van der Waals surface area contributed by atoms with Gasteiger partial charge >= 0.3 is 0 Å². The van der Waals surface area contributed by atoms with Crippen LogP contribution in [0.2, 0.25) is 0 Å². The van der Waals surface area contributed by atoms with E-state index in [4.69, 9.17) is 5.26 Å². The van der Waals surface area contributed by atoms with Gasteiger partial charge in [-0.3, -0.25) is 0 Å². The molecule has 0 aliphatic carbocycles. The first-order valence-corrected chi connectivity index (χ1v) is 0.659. The Bertz CT molecular complexity index is 33.8. The van der Waals surface area contributed by atoms with Crippen molar-refractivity contribution in [1.29, 1.82) is 0 Å². The summed E-state index contributed by atoms with van der Waals surface area (Å²) in [7, 11) is 0. The maximum absolute atomic E-state index is 8.56. The molecular weight excluding hydrogens is 56.0 g/mol. The fourth-order valence-electron chi connectivity index (χ4n) is 0. The van der Waals surface area contributed by atoms with Crippen LogP contribution in [0.5, 0.6) is 0 Å². The monoisotopic (exact) mass is 57.0 g/mol. The minimum atomic E-state index is 1.38. The summed E-state index contributed by atoms with van der Waals surface area (Å²) >= 11 is 0. The highest BCUT2D eigenvalue weighted by atomic mass is 17.1. The van der Waals surface area contributed by atoms with Gasteiger partial charge in [0.15, 0.2) is 6.11 Å². The van der Waals surface area contributed by atoms with Gasteiger partial charge in [-0.05, 0) is 0 Å². The van der Waals surface area contributed by atoms with Gasteiger partial charge in [-0.25, -0.2) is 4.89 Å². The number of rotatable bonds is 0. The van der Waals surface area contributed by atoms with Crippen LogP contribution in [-0.2, 0) is 10.1 Å². The van der Waals surface area contributed by atoms with E-state index in [0.717, 1.165) is 0 Å². The Hall–Kier alpha value is -0.680. The average Bonchev–Trinajstić information content (AvgIpc) is 1.37. The van der Waals surface area contributed by atoms with Crippen molar-refractivity contribution in [2.24, 2.45) is 0 Å². The summed E-state index contributed by atoms with van der Waals surface area (Å²) in [6.45, 7) is 0. The molecule has 2 heteroatoms. The van der Waals surface area contributed by atoms with Crippen molar-refractivity contribution in [1.82, 2.24) is 0 Å². The fraction of sp³-hybridized carbons (Fsp3) is 0. The molecule has 0 aromatic heterocycles. The molecule has 0 saturated heterocycles. The predicted molar refractivity (Wildman–Crippen MR) is 10.6 cm³/mol. The topological polar surface area (TPSA) is 29.1 Å². The van der Waals surface area contributed by atoms with Crippen molar-refractivity contribution in [2.45, 2.75) is 0 Å². The fourth-order valence-corrected chi connectivity index (χ4v) is 0. The quantitative estimate of drug-likeness (QED) is 0.217. The van der Waals surface area contributed by atoms with Crippen molar-refractivity contribution in [3.63, 3.8) is 0 Å². The van der Waals surface area contributed by atoms with Crippen molar-refractivity contribution in [3.8, 4) is 12.5 Å². The van der Waals surface area contributed by atoms with Gasteiger partial charge in [-0.2, -0.15) is 0 Å². The normalized spacial score (nSPS) is 4.00. The average molecular weight is 57.0 g/mol. The second-order valence-corrected chi connectivity index (χ2v) is 0.201. The van der Waals surface area contributed by atoms with Gasteiger partial charge in [-0.15, -0.1) is 0 Å². The number of terminal acetylenes is 1. The minimum Gasteiger partial charge on any atom is -0.250 e. The van der Waals surface area contributed by atoms with Gasteiger partial charge in [0.25, 0.3) is 0 Å². The molecule has 0 atom stereocenters. The summed E-state index contributed by atoms with van der Waals surface area (Å²) in [5.41, 5.74) is 0. The van der Waals surface area contributed by atoms with Crippen LogP contribution in [0.3, 0.4) is 0 Å². The van der Waals surface area contributed by atoms with E-state index in [-0.39, 0.29) is 0 Å². The zero-order valence-electron chi connectivity index (χ0n) is 1.89. The smallest absolute Gasteiger partial charge is 0.157 e. The van der Waals surface area contributed by atoms with Crippen LogP contribution in [0.1, 0.15) is 0 Å². The molecule has 0 aromatic rings. The van der Waals surface area contributed by atoms with Crippen LogP contribution < -0.4 is 0 Å². The zero-order chi connectivity index (χ0) is 3.41. The Kier molecular flexibility index (Phi) is 1.93. The Morgan fingerprint density at radius 1 is 2.00 bits per heavy atom. The predicted octanol–water partition coefficient (Wildman–Crippen LogP) is -0.0608. The second kappa shape index (κ2) is 2.32. The van der Waals surface area contributed by atoms with Gasteiger partial charge < -0.3 is 0 Å². The highest BCUT2D eigenvalue weighted by Gasteiger charge is 1.43. The lowest BCUT2D eigenvalue weighted by molar-refractivity contribution is -0.240. The van der Waals surface area contributed by atoms with Crippen molar-refractivity contribution < 1.29 is 10.1 Å². The largest absolute Gasteiger partial charge is 0.250 e. The second-order valence-electron chi connectivity index (χ2n) is 0.201. The molecule has 1 radical (unpaired) electrons. The Labute approximate surface area is 23.9 Å². The molecule has 0 aliphatic rings. The van der Waals surface area contributed by atoms with Crippen LogP contribution >= 0.6 is 0 Å². The third-order valence-electron chi connectivity index (χ3n) is 0.0481. The van der Waals surface area contributed by atoms with Crippen molar-refractivity contribution in [2.75, 3.05) is 0 Å². The molecule has 0 heterocycles. The van der Waals surface area contributed by atoms with E-state index in [1.807, 2.05) is 0 Å². The van der Waals surface area contributed by atoms with E-state index in [1.165, 1.54) is 6.11 Å². The summed E-state index contributed by atoms with van der Waals surface area (Å²) < 4.78 is 0. The highest BCUT2D eigenvalue weighted by Crippen LogP contribution is 1.42. The van der Waals surface area contributed by atoms with Crippen LogP contribution in [0.4, 0.5) is 0 Å². The maximum atomic E-state index is 8.56. The summed E-state index contributed by atoms with van der Waals surface area (Å²) in [6, 6.07) is 0. The van der Waals surface area contributed by atoms with Crippen molar-refractivity contribution in [3.05, 3.63) is 0 Å². The summed E-state index contributed by atoms with van der Waals surface area (Å²) in [6.07, 6.45) is 5.62. The third-order valence-corrected chi connectivity index (χ3v) is 0.0481. The summed E-state index contributed by atoms with van der Waals surface area (Å²) in [5.74, 6) is 0.